The quantitative estimate of drug-likeness (QED) is 0.532. The predicted octanol–water partition coefficient (Wildman–Crippen LogP) is 4.38. The molecule has 3 aromatic carbocycles. The van der Waals surface area contributed by atoms with Gasteiger partial charge < -0.3 is 10.2 Å². The van der Waals surface area contributed by atoms with Gasteiger partial charge in [0.05, 0.1) is 12.3 Å². The summed E-state index contributed by atoms with van der Waals surface area (Å²) in [6.45, 7) is 3.87. The molecule has 1 N–H and O–H groups in total. The van der Waals surface area contributed by atoms with E-state index in [0.29, 0.717) is 0 Å². The first-order chi connectivity index (χ1) is 12.6. The van der Waals surface area contributed by atoms with Gasteiger partial charge in [-0.05, 0) is 41.8 Å². The summed E-state index contributed by atoms with van der Waals surface area (Å²) in [6, 6.07) is 22.1. The standard InChI is InChI=1S/C22H22N2O2/c1-16-7-9-18(10-8-16)14-23-26-15-22(25)24-17(2)20-12-11-19-5-3-4-6-21(19)13-20/h3-14,17H,15H2,1-2H3,(H,24,25)/b23-14-/t17-/m0/s1. The van der Waals surface area contributed by atoms with E-state index >= 15 is 0 Å². The molecule has 0 aliphatic heterocycles. The number of rotatable bonds is 6. The maximum absolute atomic E-state index is 12.0. The van der Waals surface area contributed by atoms with Gasteiger partial charge in [0.2, 0.25) is 0 Å². The highest BCUT2D eigenvalue weighted by Crippen LogP contribution is 2.20. The van der Waals surface area contributed by atoms with Gasteiger partial charge in [0, 0.05) is 0 Å². The molecule has 4 heteroatoms. The van der Waals surface area contributed by atoms with Crippen LogP contribution in [0.5, 0.6) is 0 Å². The van der Waals surface area contributed by atoms with Crippen molar-refractivity contribution in [3.63, 3.8) is 0 Å². The molecule has 0 saturated carbocycles. The average Bonchev–Trinajstić information content (AvgIpc) is 2.66. The van der Waals surface area contributed by atoms with Crippen LogP contribution in [0, 0.1) is 6.92 Å². The smallest absolute Gasteiger partial charge is 0.261 e. The topological polar surface area (TPSA) is 50.7 Å². The van der Waals surface area contributed by atoms with E-state index in [1.54, 1.807) is 6.21 Å². The highest BCUT2D eigenvalue weighted by atomic mass is 16.6. The minimum atomic E-state index is -0.202. The molecule has 1 amide bonds. The fourth-order valence-corrected chi connectivity index (χ4v) is 2.69. The number of aryl methyl sites for hydroxylation is 1. The van der Waals surface area contributed by atoms with Crippen molar-refractivity contribution in [2.45, 2.75) is 19.9 Å². The Bertz CT molecular complexity index is 917. The van der Waals surface area contributed by atoms with Gasteiger partial charge in [-0.25, -0.2) is 0 Å². The highest BCUT2D eigenvalue weighted by molar-refractivity contribution is 5.83. The molecule has 26 heavy (non-hydrogen) atoms. The number of hydrogen-bond acceptors (Lipinski definition) is 3. The van der Waals surface area contributed by atoms with Crippen LogP contribution >= 0.6 is 0 Å². The zero-order valence-corrected chi connectivity index (χ0v) is 15.0. The number of nitrogens with one attached hydrogen (secondary N) is 1. The van der Waals surface area contributed by atoms with Gasteiger partial charge in [-0.2, -0.15) is 0 Å². The molecule has 0 radical (unpaired) electrons. The molecular weight excluding hydrogens is 324 g/mol. The molecule has 1 atom stereocenters. The number of benzene rings is 3. The fraction of sp³-hybridized carbons (Fsp3) is 0.182. The second-order valence-corrected chi connectivity index (χ2v) is 6.31. The molecule has 0 aliphatic rings. The van der Waals surface area contributed by atoms with Crippen LogP contribution in [0.4, 0.5) is 0 Å². The van der Waals surface area contributed by atoms with E-state index in [9.17, 15) is 4.79 Å². The fourth-order valence-electron chi connectivity index (χ4n) is 2.69. The van der Waals surface area contributed by atoms with Gasteiger partial charge in [-0.3, -0.25) is 4.79 Å². The van der Waals surface area contributed by atoms with Crippen LogP contribution in [0.25, 0.3) is 10.8 Å². The van der Waals surface area contributed by atoms with Crippen molar-refractivity contribution in [2.24, 2.45) is 5.16 Å². The van der Waals surface area contributed by atoms with E-state index in [4.69, 9.17) is 4.84 Å². The van der Waals surface area contributed by atoms with Crippen LogP contribution in [-0.2, 0) is 9.63 Å². The van der Waals surface area contributed by atoms with E-state index in [-0.39, 0.29) is 18.6 Å². The van der Waals surface area contributed by atoms with Crippen molar-refractivity contribution >= 4 is 22.9 Å². The van der Waals surface area contributed by atoms with E-state index in [1.165, 1.54) is 10.9 Å². The summed E-state index contributed by atoms with van der Waals surface area (Å²) in [7, 11) is 0. The normalized spacial score (nSPS) is 12.2. The second kappa shape index (κ2) is 8.30. The van der Waals surface area contributed by atoms with Gasteiger partial charge in [0.25, 0.3) is 5.91 Å². The third-order valence-corrected chi connectivity index (χ3v) is 4.20. The summed E-state index contributed by atoms with van der Waals surface area (Å²) in [5.41, 5.74) is 3.17. The molecular formula is C22H22N2O2. The number of carbonyl (C=O) groups excluding carboxylic acids is 1. The van der Waals surface area contributed by atoms with E-state index < -0.39 is 0 Å². The van der Waals surface area contributed by atoms with Gasteiger partial charge in [-0.1, -0.05) is 71.4 Å². The summed E-state index contributed by atoms with van der Waals surface area (Å²) in [4.78, 5) is 17.1. The Morgan fingerprint density at radius 3 is 2.58 bits per heavy atom. The number of carbonyl (C=O) groups is 1. The molecule has 0 saturated heterocycles. The van der Waals surface area contributed by atoms with Crippen molar-refractivity contribution in [1.82, 2.24) is 5.32 Å². The Morgan fingerprint density at radius 2 is 1.81 bits per heavy atom. The van der Waals surface area contributed by atoms with Crippen LogP contribution in [0.1, 0.15) is 29.7 Å². The van der Waals surface area contributed by atoms with Crippen molar-refractivity contribution in [2.75, 3.05) is 6.61 Å². The van der Waals surface area contributed by atoms with Crippen molar-refractivity contribution in [3.8, 4) is 0 Å². The van der Waals surface area contributed by atoms with Crippen molar-refractivity contribution in [1.29, 1.82) is 0 Å². The Morgan fingerprint density at radius 1 is 1.08 bits per heavy atom. The molecule has 0 fully saturated rings. The van der Waals surface area contributed by atoms with Crippen molar-refractivity contribution in [3.05, 3.63) is 83.4 Å². The molecule has 0 spiro atoms. The maximum atomic E-state index is 12.0. The van der Waals surface area contributed by atoms with Crippen LogP contribution in [0.3, 0.4) is 0 Å². The monoisotopic (exact) mass is 346 g/mol. The molecule has 0 bridgehead atoms. The van der Waals surface area contributed by atoms with Crippen LogP contribution in [0.2, 0.25) is 0 Å². The summed E-state index contributed by atoms with van der Waals surface area (Å²) in [5, 5.41) is 9.12. The second-order valence-electron chi connectivity index (χ2n) is 6.31. The average molecular weight is 346 g/mol. The first kappa shape index (κ1) is 17.7. The lowest BCUT2D eigenvalue weighted by atomic mass is 10.0. The molecule has 0 aromatic heterocycles. The molecule has 3 aromatic rings. The summed E-state index contributed by atoms with van der Waals surface area (Å²) >= 11 is 0. The molecule has 0 heterocycles. The molecule has 0 unspecified atom stereocenters. The zero-order valence-electron chi connectivity index (χ0n) is 15.0. The molecule has 0 aliphatic carbocycles. The predicted molar refractivity (Wildman–Crippen MR) is 105 cm³/mol. The maximum Gasteiger partial charge on any atom is 0.261 e. The van der Waals surface area contributed by atoms with Crippen LogP contribution in [0.15, 0.2) is 71.9 Å². The summed E-state index contributed by atoms with van der Waals surface area (Å²) in [5.74, 6) is -0.202. The Labute approximate surface area is 153 Å². The van der Waals surface area contributed by atoms with Gasteiger partial charge >= 0.3 is 0 Å². The first-order valence-electron chi connectivity index (χ1n) is 8.62. The number of oxime groups is 1. The Hall–Kier alpha value is -3.14. The molecule has 132 valence electrons. The largest absolute Gasteiger partial charge is 0.386 e. The summed E-state index contributed by atoms with van der Waals surface area (Å²) < 4.78 is 0. The van der Waals surface area contributed by atoms with Gasteiger partial charge in [-0.15, -0.1) is 0 Å². The lowest BCUT2D eigenvalue weighted by Crippen LogP contribution is -2.29. The van der Waals surface area contributed by atoms with Gasteiger partial charge in [0.1, 0.15) is 0 Å². The van der Waals surface area contributed by atoms with E-state index in [2.05, 4.69) is 34.7 Å². The lowest BCUT2D eigenvalue weighted by molar-refractivity contribution is -0.126. The Kier molecular flexibility index (Phi) is 5.64. The molecule has 3 rings (SSSR count). The Balaban J connectivity index is 1.51. The third-order valence-electron chi connectivity index (χ3n) is 4.20. The SMILES string of the molecule is Cc1ccc(/C=N\OCC(=O)N[C@@H](C)c2ccc3ccccc3c2)cc1. The third kappa shape index (κ3) is 4.70. The number of nitrogens with zero attached hydrogens (tertiary/aromatic N) is 1. The number of hydrogen-bond donors (Lipinski definition) is 1. The van der Waals surface area contributed by atoms with Gasteiger partial charge in [0.15, 0.2) is 6.61 Å². The minimum absolute atomic E-state index is 0.100. The number of fused-ring (bicyclic) bond motifs is 1. The van der Waals surface area contributed by atoms with Crippen LogP contribution < -0.4 is 5.32 Å². The van der Waals surface area contributed by atoms with Crippen LogP contribution in [-0.4, -0.2) is 18.7 Å². The molecule has 4 nitrogen and oxygen atoms in total. The lowest BCUT2D eigenvalue weighted by Gasteiger charge is -2.14. The highest BCUT2D eigenvalue weighted by Gasteiger charge is 2.10. The minimum Gasteiger partial charge on any atom is -0.386 e. The summed E-state index contributed by atoms with van der Waals surface area (Å²) in [6.07, 6.45) is 1.60. The zero-order chi connectivity index (χ0) is 18.4. The number of amides is 1. The van der Waals surface area contributed by atoms with E-state index in [0.717, 1.165) is 16.5 Å². The van der Waals surface area contributed by atoms with Crippen molar-refractivity contribution < 1.29 is 9.63 Å². The first-order valence-corrected chi connectivity index (χ1v) is 8.62. The van der Waals surface area contributed by atoms with E-state index in [1.807, 2.05) is 56.3 Å².